The van der Waals surface area contributed by atoms with Crippen LogP contribution in [0.3, 0.4) is 0 Å². The molecule has 0 saturated heterocycles. The SMILES string of the molecule is CCNC(CCc1cccc2ccccc12)C1CCCC1. The van der Waals surface area contributed by atoms with Crippen LogP contribution in [0, 0.1) is 5.92 Å². The molecule has 1 unspecified atom stereocenters. The van der Waals surface area contributed by atoms with Gasteiger partial charge in [-0.25, -0.2) is 0 Å². The predicted octanol–water partition coefficient (Wildman–Crippen LogP) is 4.94. The first-order valence-electron chi connectivity index (χ1n) is 8.58. The molecule has 0 aromatic heterocycles. The standard InChI is InChI=1S/C20H27N/c1-2-21-20(18-9-3-4-10-18)15-14-17-12-7-11-16-8-5-6-13-19(16)17/h5-8,11-13,18,20-21H,2-4,9-10,14-15H2,1H3. The van der Waals surface area contributed by atoms with E-state index in [0.29, 0.717) is 6.04 Å². The first-order chi connectivity index (χ1) is 10.4. The molecular formula is C20H27N. The molecule has 1 N–H and O–H groups in total. The lowest BCUT2D eigenvalue weighted by atomic mass is 9.91. The van der Waals surface area contributed by atoms with Gasteiger partial charge in [-0.2, -0.15) is 0 Å². The van der Waals surface area contributed by atoms with Crippen molar-refractivity contribution in [1.82, 2.24) is 5.32 Å². The fraction of sp³-hybridized carbons (Fsp3) is 0.500. The fourth-order valence-corrected chi connectivity index (χ4v) is 3.95. The predicted molar refractivity (Wildman–Crippen MR) is 91.7 cm³/mol. The Morgan fingerprint density at radius 1 is 1.05 bits per heavy atom. The third kappa shape index (κ3) is 3.47. The zero-order valence-electron chi connectivity index (χ0n) is 13.1. The van der Waals surface area contributed by atoms with Crippen LogP contribution in [0.15, 0.2) is 42.5 Å². The van der Waals surface area contributed by atoms with Crippen LogP contribution in [-0.4, -0.2) is 12.6 Å². The second-order valence-corrected chi connectivity index (χ2v) is 6.39. The van der Waals surface area contributed by atoms with E-state index in [2.05, 4.69) is 54.7 Å². The largest absolute Gasteiger partial charge is 0.314 e. The number of rotatable bonds is 6. The van der Waals surface area contributed by atoms with Crippen molar-refractivity contribution >= 4 is 10.8 Å². The van der Waals surface area contributed by atoms with Gasteiger partial charge in [-0.3, -0.25) is 0 Å². The monoisotopic (exact) mass is 281 g/mol. The van der Waals surface area contributed by atoms with E-state index in [9.17, 15) is 0 Å². The van der Waals surface area contributed by atoms with Crippen molar-refractivity contribution in [2.45, 2.75) is 51.5 Å². The zero-order chi connectivity index (χ0) is 14.5. The van der Waals surface area contributed by atoms with Gasteiger partial charge < -0.3 is 5.32 Å². The molecule has 0 heterocycles. The maximum atomic E-state index is 3.74. The molecular weight excluding hydrogens is 254 g/mol. The first-order valence-corrected chi connectivity index (χ1v) is 8.58. The molecule has 0 amide bonds. The summed E-state index contributed by atoms with van der Waals surface area (Å²) in [4.78, 5) is 0. The van der Waals surface area contributed by atoms with Gasteiger partial charge in [-0.05, 0) is 54.5 Å². The Bertz CT molecular complexity index is 564. The molecule has 1 aliphatic carbocycles. The Morgan fingerprint density at radius 3 is 2.62 bits per heavy atom. The molecule has 0 radical (unpaired) electrons. The highest BCUT2D eigenvalue weighted by Gasteiger charge is 2.24. The van der Waals surface area contributed by atoms with Gasteiger partial charge >= 0.3 is 0 Å². The van der Waals surface area contributed by atoms with Crippen molar-refractivity contribution in [3.05, 3.63) is 48.0 Å². The Kier molecular flexibility index (Phi) is 4.92. The van der Waals surface area contributed by atoms with Crippen LogP contribution < -0.4 is 5.32 Å². The molecule has 1 saturated carbocycles. The van der Waals surface area contributed by atoms with Crippen LogP contribution in [0.4, 0.5) is 0 Å². The summed E-state index contributed by atoms with van der Waals surface area (Å²) in [6.45, 7) is 3.33. The number of nitrogens with one attached hydrogen (secondary N) is 1. The summed E-state index contributed by atoms with van der Waals surface area (Å²) < 4.78 is 0. The Balaban J connectivity index is 1.72. The van der Waals surface area contributed by atoms with Crippen LogP contribution in [0.25, 0.3) is 10.8 Å². The lowest BCUT2D eigenvalue weighted by Crippen LogP contribution is -2.35. The summed E-state index contributed by atoms with van der Waals surface area (Å²) in [6, 6.07) is 16.2. The van der Waals surface area contributed by atoms with E-state index in [0.717, 1.165) is 12.5 Å². The van der Waals surface area contributed by atoms with Gasteiger partial charge in [0.1, 0.15) is 0 Å². The smallest absolute Gasteiger partial charge is 0.00983 e. The molecule has 0 bridgehead atoms. The van der Waals surface area contributed by atoms with Crippen molar-refractivity contribution in [2.75, 3.05) is 6.54 Å². The molecule has 21 heavy (non-hydrogen) atoms. The van der Waals surface area contributed by atoms with Crippen LogP contribution in [0.2, 0.25) is 0 Å². The summed E-state index contributed by atoms with van der Waals surface area (Å²) in [7, 11) is 0. The minimum absolute atomic E-state index is 0.705. The zero-order valence-corrected chi connectivity index (χ0v) is 13.1. The average Bonchev–Trinajstić information content (AvgIpc) is 3.05. The van der Waals surface area contributed by atoms with Gasteiger partial charge in [0.05, 0.1) is 0 Å². The number of aryl methyl sites for hydroxylation is 1. The molecule has 2 aromatic rings. The molecule has 1 nitrogen and oxygen atoms in total. The third-order valence-electron chi connectivity index (χ3n) is 5.04. The van der Waals surface area contributed by atoms with Crippen molar-refractivity contribution in [3.8, 4) is 0 Å². The van der Waals surface area contributed by atoms with Gasteiger partial charge in [0.15, 0.2) is 0 Å². The molecule has 1 fully saturated rings. The topological polar surface area (TPSA) is 12.0 Å². The summed E-state index contributed by atoms with van der Waals surface area (Å²) in [6.07, 6.45) is 8.17. The lowest BCUT2D eigenvalue weighted by Gasteiger charge is -2.24. The summed E-state index contributed by atoms with van der Waals surface area (Å²) in [5.41, 5.74) is 1.51. The van der Waals surface area contributed by atoms with Crippen molar-refractivity contribution in [3.63, 3.8) is 0 Å². The van der Waals surface area contributed by atoms with E-state index < -0.39 is 0 Å². The van der Waals surface area contributed by atoms with E-state index in [1.54, 1.807) is 0 Å². The lowest BCUT2D eigenvalue weighted by molar-refractivity contribution is 0.346. The van der Waals surface area contributed by atoms with E-state index in [1.165, 1.54) is 54.9 Å². The normalized spacial score (nSPS) is 17.4. The minimum atomic E-state index is 0.705. The number of benzene rings is 2. The molecule has 112 valence electrons. The van der Waals surface area contributed by atoms with E-state index in [1.807, 2.05) is 0 Å². The van der Waals surface area contributed by atoms with Gasteiger partial charge in [0.2, 0.25) is 0 Å². The highest BCUT2D eigenvalue weighted by Crippen LogP contribution is 2.30. The summed E-state index contributed by atoms with van der Waals surface area (Å²) in [5.74, 6) is 0.903. The summed E-state index contributed by atoms with van der Waals surface area (Å²) >= 11 is 0. The molecule has 3 rings (SSSR count). The average molecular weight is 281 g/mol. The van der Waals surface area contributed by atoms with Crippen LogP contribution >= 0.6 is 0 Å². The van der Waals surface area contributed by atoms with Gasteiger partial charge in [0, 0.05) is 6.04 Å². The number of hydrogen-bond acceptors (Lipinski definition) is 1. The van der Waals surface area contributed by atoms with Gasteiger partial charge in [-0.15, -0.1) is 0 Å². The van der Waals surface area contributed by atoms with Gasteiger partial charge in [0.25, 0.3) is 0 Å². The number of fused-ring (bicyclic) bond motifs is 1. The van der Waals surface area contributed by atoms with Gasteiger partial charge in [-0.1, -0.05) is 62.2 Å². The second kappa shape index (κ2) is 7.09. The second-order valence-electron chi connectivity index (χ2n) is 6.39. The fourth-order valence-electron chi connectivity index (χ4n) is 3.95. The molecule has 1 aliphatic rings. The van der Waals surface area contributed by atoms with Crippen LogP contribution in [0.5, 0.6) is 0 Å². The first kappa shape index (κ1) is 14.6. The summed E-state index contributed by atoms with van der Waals surface area (Å²) in [5, 5.41) is 6.55. The third-order valence-corrected chi connectivity index (χ3v) is 5.04. The van der Waals surface area contributed by atoms with E-state index in [-0.39, 0.29) is 0 Å². The molecule has 1 atom stereocenters. The number of hydrogen-bond donors (Lipinski definition) is 1. The van der Waals surface area contributed by atoms with E-state index >= 15 is 0 Å². The Morgan fingerprint density at radius 2 is 1.81 bits per heavy atom. The van der Waals surface area contributed by atoms with Crippen molar-refractivity contribution in [1.29, 1.82) is 0 Å². The molecule has 2 aromatic carbocycles. The van der Waals surface area contributed by atoms with Crippen LogP contribution in [-0.2, 0) is 6.42 Å². The molecule has 0 aliphatic heterocycles. The molecule has 0 spiro atoms. The van der Waals surface area contributed by atoms with E-state index in [4.69, 9.17) is 0 Å². The Hall–Kier alpha value is -1.34. The van der Waals surface area contributed by atoms with Crippen molar-refractivity contribution in [2.24, 2.45) is 5.92 Å². The maximum Gasteiger partial charge on any atom is 0.00983 e. The Labute approximate surface area is 128 Å². The minimum Gasteiger partial charge on any atom is -0.314 e. The van der Waals surface area contributed by atoms with Crippen molar-refractivity contribution < 1.29 is 0 Å². The maximum absolute atomic E-state index is 3.74. The quantitative estimate of drug-likeness (QED) is 0.790. The highest BCUT2D eigenvalue weighted by atomic mass is 14.9. The van der Waals surface area contributed by atoms with Crippen LogP contribution in [0.1, 0.15) is 44.6 Å². The molecule has 1 heteroatoms. The highest BCUT2D eigenvalue weighted by molar-refractivity contribution is 5.85.